The fourth-order valence-electron chi connectivity index (χ4n) is 4.04. The Morgan fingerprint density at radius 3 is 2.62 bits per heavy atom. The van der Waals surface area contributed by atoms with E-state index in [4.69, 9.17) is 11.6 Å². The van der Waals surface area contributed by atoms with Crippen molar-refractivity contribution in [2.45, 2.75) is 13.0 Å². The molecule has 4 rings (SSSR count). The molecule has 8 nitrogen and oxygen atoms in total. The first-order chi connectivity index (χ1) is 15.4. The van der Waals surface area contributed by atoms with Gasteiger partial charge in [0.15, 0.2) is 0 Å². The fraction of sp³-hybridized carbons (Fsp3) is 0.273. The average Bonchev–Trinajstić information content (AvgIpc) is 3.12. The van der Waals surface area contributed by atoms with Gasteiger partial charge in [0, 0.05) is 41.1 Å². The Bertz CT molecular complexity index is 1170. The Morgan fingerprint density at radius 1 is 1.19 bits per heavy atom. The molecule has 0 spiro atoms. The lowest BCUT2D eigenvalue weighted by Crippen LogP contribution is -2.55. The minimum atomic E-state index is -0.0807. The van der Waals surface area contributed by atoms with E-state index in [0.29, 0.717) is 54.0 Å². The number of nitrogens with one attached hydrogen (secondary N) is 1. The number of hydrogen-bond donors (Lipinski definition) is 1. The van der Waals surface area contributed by atoms with Crippen molar-refractivity contribution in [1.29, 1.82) is 10.5 Å². The van der Waals surface area contributed by atoms with Crippen molar-refractivity contribution in [1.82, 2.24) is 9.80 Å². The van der Waals surface area contributed by atoms with Gasteiger partial charge in [0.2, 0.25) is 12.2 Å². The maximum absolute atomic E-state index is 13.1. The summed E-state index contributed by atoms with van der Waals surface area (Å²) in [6.45, 7) is 3.92. The predicted molar refractivity (Wildman–Crippen MR) is 132 cm³/mol. The van der Waals surface area contributed by atoms with Crippen LogP contribution in [0.1, 0.15) is 11.1 Å². The number of nitriles is 2. The number of piperazine rings is 1. The molecule has 0 saturated carbocycles. The van der Waals surface area contributed by atoms with Crippen molar-refractivity contribution in [2.24, 2.45) is 4.99 Å². The molecule has 162 valence electrons. The number of urea groups is 1. The molecule has 0 bridgehead atoms. The quantitative estimate of drug-likeness (QED) is 0.260. The zero-order valence-electron chi connectivity index (χ0n) is 17.2. The van der Waals surface area contributed by atoms with Crippen LogP contribution in [-0.2, 0) is 0 Å². The number of carbonyl (C=O) groups excluding carboxylic acids is 1. The van der Waals surface area contributed by atoms with Gasteiger partial charge >= 0.3 is 6.03 Å². The van der Waals surface area contributed by atoms with Gasteiger partial charge in [-0.1, -0.05) is 11.6 Å². The predicted octanol–water partition coefficient (Wildman–Crippen LogP) is 4.00. The lowest BCUT2D eigenvalue weighted by atomic mass is 10.1. The maximum atomic E-state index is 13.1. The van der Waals surface area contributed by atoms with Gasteiger partial charge in [-0.2, -0.15) is 10.5 Å². The van der Waals surface area contributed by atoms with Gasteiger partial charge < -0.3 is 15.1 Å². The molecule has 0 aromatic heterocycles. The molecule has 0 unspecified atom stereocenters. The van der Waals surface area contributed by atoms with Gasteiger partial charge in [-0.05, 0) is 71.5 Å². The Balaban J connectivity index is 1.53. The Labute approximate surface area is 204 Å². The van der Waals surface area contributed by atoms with Crippen molar-refractivity contribution in [3.05, 3.63) is 56.1 Å². The molecule has 32 heavy (non-hydrogen) atoms. The molecule has 1 atom stereocenters. The van der Waals surface area contributed by atoms with Crippen molar-refractivity contribution in [3.63, 3.8) is 0 Å². The number of guanidine groups is 1. The highest BCUT2D eigenvalue weighted by atomic mass is 127. The number of anilines is 2. The third-order valence-corrected chi connectivity index (χ3v) is 6.88. The van der Waals surface area contributed by atoms with Gasteiger partial charge in [0.05, 0.1) is 16.6 Å². The summed E-state index contributed by atoms with van der Waals surface area (Å²) in [6, 6.07) is 13.2. The summed E-state index contributed by atoms with van der Waals surface area (Å²) in [5.74, 6) is 0.469. The van der Waals surface area contributed by atoms with Crippen LogP contribution >= 0.6 is 34.2 Å². The van der Waals surface area contributed by atoms with E-state index < -0.39 is 0 Å². The van der Waals surface area contributed by atoms with Crippen LogP contribution in [0, 0.1) is 33.3 Å². The van der Waals surface area contributed by atoms with Gasteiger partial charge in [-0.3, -0.25) is 4.90 Å². The molecule has 0 aliphatic carbocycles. The number of aliphatic imine (C=N–C) groups is 1. The number of rotatable bonds is 2. The minimum absolute atomic E-state index is 0.0625. The molecule has 1 N–H and O–H groups in total. The van der Waals surface area contributed by atoms with Gasteiger partial charge in [0.25, 0.3) is 0 Å². The van der Waals surface area contributed by atoms with Crippen LogP contribution in [0.2, 0.25) is 5.02 Å². The molecule has 2 aliphatic heterocycles. The number of halogens is 2. The van der Waals surface area contributed by atoms with E-state index in [1.807, 2.05) is 47.2 Å². The van der Waals surface area contributed by atoms with E-state index in [-0.39, 0.29) is 12.1 Å². The molecule has 2 fully saturated rings. The Kier molecular flexibility index (Phi) is 6.40. The molecule has 2 amide bonds. The van der Waals surface area contributed by atoms with Crippen LogP contribution in [0.5, 0.6) is 0 Å². The summed E-state index contributed by atoms with van der Waals surface area (Å²) in [6.07, 6.45) is 1.87. The van der Waals surface area contributed by atoms with Crippen molar-refractivity contribution in [2.75, 3.05) is 36.4 Å². The summed E-state index contributed by atoms with van der Waals surface area (Å²) in [5.41, 5.74) is 2.65. The summed E-state index contributed by atoms with van der Waals surface area (Å²) in [5, 5.41) is 22.0. The van der Waals surface area contributed by atoms with Crippen LogP contribution in [-0.4, -0.2) is 54.0 Å². The first kappa shape index (κ1) is 22.2. The second kappa shape index (κ2) is 9.23. The maximum Gasteiger partial charge on any atom is 0.325 e. The third kappa shape index (κ3) is 4.18. The molecule has 2 saturated heterocycles. The summed E-state index contributed by atoms with van der Waals surface area (Å²) in [4.78, 5) is 22.7. The average molecular weight is 560 g/mol. The second-order valence-electron chi connectivity index (χ2n) is 7.54. The summed E-state index contributed by atoms with van der Waals surface area (Å²) < 4.78 is 1.11. The number of nitrogens with zero attached hydrogens (tertiary/aromatic N) is 6. The molecule has 2 aromatic carbocycles. The number of hydrogen-bond acceptors (Lipinski definition) is 4. The van der Waals surface area contributed by atoms with E-state index in [2.05, 4.69) is 39.0 Å². The van der Waals surface area contributed by atoms with Gasteiger partial charge in [0.1, 0.15) is 6.07 Å². The van der Waals surface area contributed by atoms with Crippen LogP contribution in [0.4, 0.5) is 16.2 Å². The molecular weight excluding hydrogens is 541 g/mol. The zero-order chi connectivity index (χ0) is 22.8. The molecule has 10 heteroatoms. The van der Waals surface area contributed by atoms with Crippen LogP contribution in [0.3, 0.4) is 0 Å². The highest BCUT2D eigenvalue weighted by Crippen LogP contribution is 2.33. The standard InChI is InChI=1S/C22H19ClIN7O/c1-14-19(7-2-15(10-25)20(14)23)31-12-18-11-29(8-9-30(18)22(31)32)21(27-13-26)28-17-5-3-16(24)4-6-17/h2-7,18H,8-9,11-12H2,1H3,(H,27,28)/t18-/m0/s1. The van der Waals surface area contributed by atoms with Crippen LogP contribution < -0.4 is 10.2 Å². The van der Waals surface area contributed by atoms with E-state index in [1.165, 1.54) is 0 Å². The zero-order valence-corrected chi connectivity index (χ0v) is 20.1. The van der Waals surface area contributed by atoms with Crippen molar-refractivity contribution in [3.8, 4) is 12.3 Å². The molecule has 2 aromatic rings. The van der Waals surface area contributed by atoms with E-state index in [0.717, 1.165) is 9.26 Å². The topological polar surface area (TPSA) is 98.8 Å². The van der Waals surface area contributed by atoms with E-state index in [9.17, 15) is 15.3 Å². The molecule has 0 radical (unpaired) electrons. The summed E-state index contributed by atoms with van der Waals surface area (Å²) in [7, 11) is 0. The number of carbonyl (C=O) groups is 1. The Hall–Kier alpha value is -3.02. The summed E-state index contributed by atoms with van der Waals surface area (Å²) >= 11 is 8.56. The van der Waals surface area contributed by atoms with E-state index >= 15 is 0 Å². The minimum Gasteiger partial charge on any atom is -0.338 e. The van der Waals surface area contributed by atoms with Crippen molar-refractivity contribution >= 4 is 57.6 Å². The highest BCUT2D eigenvalue weighted by Gasteiger charge is 2.42. The van der Waals surface area contributed by atoms with Crippen molar-refractivity contribution < 1.29 is 4.79 Å². The van der Waals surface area contributed by atoms with Gasteiger partial charge in [-0.25, -0.2) is 4.79 Å². The number of fused-ring (bicyclic) bond motifs is 1. The third-order valence-electron chi connectivity index (χ3n) is 5.68. The normalized spacial score (nSPS) is 18.3. The van der Waals surface area contributed by atoms with E-state index in [1.54, 1.807) is 17.0 Å². The molecular formula is C22H19ClIN7O. The lowest BCUT2D eigenvalue weighted by molar-refractivity contribution is 0.160. The Morgan fingerprint density at radius 2 is 1.94 bits per heavy atom. The number of amides is 2. The monoisotopic (exact) mass is 559 g/mol. The SMILES string of the molecule is Cc1c(N2C[C@@H]3CN(/C(=N/C#N)Nc4ccc(I)cc4)CCN3C2=O)ccc(C#N)c1Cl. The van der Waals surface area contributed by atoms with Crippen LogP contribution in [0.25, 0.3) is 0 Å². The lowest BCUT2D eigenvalue weighted by Gasteiger charge is -2.37. The first-order valence-corrected chi connectivity index (χ1v) is 11.4. The first-order valence-electron chi connectivity index (χ1n) is 9.94. The van der Waals surface area contributed by atoms with Gasteiger partial charge in [-0.15, -0.1) is 4.99 Å². The molecule has 2 aliphatic rings. The van der Waals surface area contributed by atoms with Crippen LogP contribution in [0.15, 0.2) is 41.4 Å². The molecule has 2 heterocycles. The highest BCUT2D eigenvalue weighted by molar-refractivity contribution is 14.1. The number of benzene rings is 2. The smallest absolute Gasteiger partial charge is 0.325 e. The largest absolute Gasteiger partial charge is 0.338 e. The fourth-order valence-corrected chi connectivity index (χ4v) is 4.60. The second-order valence-corrected chi connectivity index (χ2v) is 9.16.